The fourth-order valence-electron chi connectivity index (χ4n) is 2.15. The Morgan fingerprint density at radius 2 is 2.11 bits per heavy atom. The van der Waals surface area contributed by atoms with Crippen LogP contribution in [-0.2, 0) is 0 Å². The summed E-state index contributed by atoms with van der Waals surface area (Å²) in [5.74, 6) is 0.458. The van der Waals surface area contributed by atoms with E-state index in [0.717, 1.165) is 27.1 Å². The number of nitrogens with one attached hydrogen (secondary N) is 1. The number of fused-ring (bicyclic) bond motifs is 1. The van der Waals surface area contributed by atoms with E-state index in [9.17, 15) is 4.79 Å². The Morgan fingerprint density at radius 3 is 2.74 bits per heavy atom. The van der Waals surface area contributed by atoms with Gasteiger partial charge in [-0.2, -0.15) is 0 Å². The van der Waals surface area contributed by atoms with Gasteiger partial charge in [-0.15, -0.1) is 11.3 Å². The number of carbonyl (C=O) groups is 1. The molecule has 1 aromatic heterocycles. The zero-order valence-electron chi connectivity index (χ0n) is 11.6. The van der Waals surface area contributed by atoms with Crippen LogP contribution in [-0.4, -0.2) is 11.9 Å². The Bertz CT molecular complexity index is 589. The monoisotopic (exact) mass is 276 g/mol. The summed E-state index contributed by atoms with van der Waals surface area (Å²) in [5, 5.41) is 4.13. The van der Waals surface area contributed by atoms with Gasteiger partial charge in [0.15, 0.2) is 0 Å². The molecular weight excluding hydrogens is 256 g/mol. The fourth-order valence-corrected chi connectivity index (χ4v) is 3.10. The average Bonchev–Trinajstić information content (AvgIpc) is 2.78. The lowest BCUT2D eigenvalue weighted by atomic mass is 10.0. The number of carbonyl (C=O) groups excluding carboxylic acids is 1. The third kappa shape index (κ3) is 3.07. The molecule has 102 valence electrons. The zero-order chi connectivity index (χ0) is 14.0. The SMILES string of the molecule is CCC(NC(=O)c1cc2cc(N)ccc2s1)C(C)C. The van der Waals surface area contributed by atoms with Crippen molar-refractivity contribution in [1.82, 2.24) is 5.32 Å². The Hall–Kier alpha value is -1.55. The first kappa shape index (κ1) is 13.9. The Kier molecular flexibility index (Phi) is 4.10. The van der Waals surface area contributed by atoms with Crippen LogP contribution in [0.25, 0.3) is 10.1 Å². The summed E-state index contributed by atoms with van der Waals surface area (Å²) < 4.78 is 1.09. The zero-order valence-corrected chi connectivity index (χ0v) is 12.4. The van der Waals surface area contributed by atoms with Gasteiger partial charge in [0, 0.05) is 16.4 Å². The van der Waals surface area contributed by atoms with Gasteiger partial charge in [0.25, 0.3) is 5.91 Å². The van der Waals surface area contributed by atoms with Crippen molar-refractivity contribution in [2.24, 2.45) is 5.92 Å². The molecule has 0 saturated carbocycles. The van der Waals surface area contributed by atoms with Crippen LogP contribution in [0.3, 0.4) is 0 Å². The molecular formula is C15H20N2OS. The normalized spacial score (nSPS) is 12.8. The summed E-state index contributed by atoms with van der Waals surface area (Å²) in [4.78, 5) is 13.0. The molecule has 1 atom stereocenters. The first-order valence-corrected chi connectivity index (χ1v) is 7.42. The summed E-state index contributed by atoms with van der Waals surface area (Å²) in [7, 11) is 0. The molecule has 0 fully saturated rings. The Balaban J connectivity index is 2.21. The summed E-state index contributed by atoms with van der Waals surface area (Å²) in [6.07, 6.45) is 0.946. The molecule has 0 aliphatic rings. The highest BCUT2D eigenvalue weighted by Gasteiger charge is 2.17. The highest BCUT2D eigenvalue weighted by molar-refractivity contribution is 7.20. The van der Waals surface area contributed by atoms with Crippen LogP contribution in [0.1, 0.15) is 36.9 Å². The van der Waals surface area contributed by atoms with Gasteiger partial charge < -0.3 is 11.1 Å². The number of amides is 1. The Morgan fingerprint density at radius 1 is 1.37 bits per heavy atom. The summed E-state index contributed by atoms with van der Waals surface area (Å²) in [5.41, 5.74) is 6.48. The molecule has 2 aromatic rings. The molecule has 3 nitrogen and oxygen atoms in total. The maximum absolute atomic E-state index is 12.2. The quantitative estimate of drug-likeness (QED) is 0.837. The number of hydrogen-bond acceptors (Lipinski definition) is 3. The molecule has 0 radical (unpaired) electrons. The molecule has 0 aliphatic carbocycles. The molecule has 0 spiro atoms. The topological polar surface area (TPSA) is 55.1 Å². The molecule has 0 aliphatic heterocycles. The molecule has 1 heterocycles. The lowest BCUT2D eigenvalue weighted by Crippen LogP contribution is -2.37. The van der Waals surface area contributed by atoms with E-state index in [1.807, 2.05) is 24.3 Å². The van der Waals surface area contributed by atoms with Gasteiger partial charge in [-0.3, -0.25) is 4.79 Å². The van der Waals surface area contributed by atoms with Crippen molar-refractivity contribution in [2.45, 2.75) is 33.2 Å². The smallest absolute Gasteiger partial charge is 0.261 e. The van der Waals surface area contributed by atoms with Crippen molar-refractivity contribution in [1.29, 1.82) is 0 Å². The number of hydrogen-bond donors (Lipinski definition) is 2. The lowest BCUT2D eigenvalue weighted by molar-refractivity contribution is 0.0929. The molecule has 19 heavy (non-hydrogen) atoms. The van der Waals surface area contributed by atoms with Crippen molar-refractivity contribution in [3.63, 3.8) is 0 Å². The van der Waals surface area contributed by atoms with E-state index in [4.69, 9.17) is 5.73 Å². The van der Waals surface area contributed by atoms with Gasteiger partial charge in [-0.1, -0.05) is 20.8 Å². The summed E-state index contributed by atoms with van der Waals surface area (Å²) >= 11 is 1.51. The van der Waals surface area contributed by atoms with Crippen LogP contribution in [0.15, 0.2) is 24.3 Å². The maximum Gasteiger partial charge on any atom is 0.261 e. The summed E-state index contributed by atoms with van der Waals surface area (Å²) in [6.45, 7) is 6.34. The van der Waals surface area contributed by atoms with E-state index < -0.39 is 0 Å². The van der Waals surface area contributed by atoms with Crippen LogP contribution < -0.4 is 11.1 Å². The van der Waals surface area contributed by atoms with Gasteiger partial charge in [-0.25, -0.2) is 0 Å². The molecule has 4 heteroatoms. The molecule has 0 saturated heterocycles. The molecule has 1 amide bonds. The van der Waals surface area contributed by atoms with Crippen molar-refractivity contribution < 1.29 is 4.79 Å². The fraction of sp³-hybridized carbons (Fsp3) is 0.400. The first-order chi connectivity index (χ1) is 9.01. The molecule has 1 aromatic carbocycles. The van der Waals surface area contributed by atoms with Crippen molar-refractivity contribution in [2.75, 3.05) is 5.73 Å². The molecule has 3 N–H and O–H groups in total. The van der Waals surface area contributed by atoms with Crippen molar-refractivity contribution >= 4 is 33.0 Å². The molecule has 0 bridgehead atoms. The predicted octanol–water partition coefficient (Wildman–Crippen LogP) is 3.65. The van der Waals surface area contributed by atoms with Crippen LogP contribution in [0.2, 0.25) is 0 Å². The van der Waals surface area contributed by atoms with E-state index in [-0.39, 0.29) is 11.9 Å². The van der Waals surface area contributed by atoms with E-state index in [1.165, 1.54) is 11.3 Å². The predicted molar refractivity (Wildman–Crippen MR) is 82.6 cm³/mol. The summed E-state index contributed by atoms with van der Waals surface area (Å²) in [6, 6.07) is 7.87. The number of nitrogens with two attached hydrogens (primary N) is 1. The lowest BCUT2D eigenvalue weighted by Gasteiger charge is -2.20. The second kappa shape index (κ2) is 5.61. The Labute approximate surface area is 117 Å². The van der Waals surface area contributed by atoms with Gasteiger partial charge >= 0.3 is 0 Å². The van der Waals surface area contributed by atoms with Crippen molar-refractivity contribution in [3.8, 4) is 0 Å². The number of anilines is 1. The van der Waals surface area contributed by atoms with E-state index in [2.05, 4.69) is 26.1 Å². The molecule has 2 rings (SSSR count). The van der Waals surface area contributed by atoms with Gasteiger partial charge in [-0.05, 0) is 42.0 Å². The number of nitrogen functional groups attached to an aromatic ring is 1. The second-order valence-corrected chi connectivity index (χ2v) is 6.22. The van der Waals surface area contributed by atoms with E-state index >= 15 is 0 Å². The third-order valence-electron chi connectivity index (χ3n) is 3.33. The maximum atomic E-state index is 12.2. The van der Waals surface area contributed by atoms with Gasteiger partial charge in [0.2, 0.25) is 0 Å². The second-order valence-electron chi connectivity index (χ2n) is 5.14. The van der Waals surface area contributed by atoms with Crippen LogP contribution in [0, 0.1) is 5.92 Å². The third-order valence-corrected chi connectivity index (χ3v) is 4.44. The number of rotatable bonds is 4. The minimum atomic E-state index is 0.0142. The van der Waals surface area contributed by atoms with Crippen LogP contribution >= 0.6 is 11.3 Å². The first-order valence-electron chi connectivity index (χ1n) is 6.61. The minimum absolute atomic E-state index is 0.0142. The largest absolute Gasteiger partial charge is 0.399 e. The van der Waals surface area contributed by atoms with E-state index in [1.54, 1.807) is 0 Å². The van der Waals surface area contributed by atoms with Crippen molar-refractivity contribution in [3.05, 3.63) is 29.1 Å². The molecule has 1 unspecified atom stereocenters. The standard InChI is InChI=1S/C15H20N2OS/c1-4-12(9(2)3)17-15(18)14-8-10-7-11(16)5-6-13(10)19-14/h5-9,12H,4,16H2,1-3H3,(H,17,18). The number of thiophene rings is 1. The highest BCUT2D eigenvalue weighted by atomic mass is 32.1. The average molecular weight is 276 g/mol. The van der Waals surface area contributed by atoms with Gasteiger partial charge in [0.1, 0.15) is 0 Å². The highest BCUT2D eigenvalue weighted by Crippen LogP contribution is 2.27. The van der Waals surface area contributed by atoms with Crippen LogP contribution in [0.4, 0.5) is 5.69 Å². The van der Waals surface area contributed by atoms with Gasteiger partial charge in [0.05, 0.1) is 4.88 Å². The number of benzene rings is 1. The van der Waals surface area contributed by atoms with E-state index in [0.29, 0.717) is 5.92 Å². The van der Waals surface area contributed by atoms with Crippen LogP contribution in [0.5, 0.6) is 0 Å². The minimum Gasteiger partial charge on any atom is -0.399 e.